The number of aliphatic carboxylic acids is 2. The molecule has 0 unspecified atom stereocenters. The number of likely N-dealkylation sites (tertiary alicyclic amines) is 1. The van der Waals surface area contributed by atoms with Gasteiger partial charge in [-0.25, -0.2) is 9.59 Å². The van der Waals surface area contributed by atoms with Gasteiger partial charge in [0, 0.05) is 39.1 Å². The van der Waals surface area contributed by atoms with Crippen molar-refractivity contribution in [3.8, 4) is 0 Å². The quantitative estimate of drug-likeness (QED) is 0.361. The Morgan fingerprint density at radius 2 is 1.65 bits per heavy atom. The van der Waals surface area contributed by atoms with Crippen LogP contribution in [0.4, 0.5) is 26.3 Å². The van der Waals surface area contributed by atoms with Gasteiger partial charge in [0.2, 0.25) is 5.91 Å². The second kappa shape index (κ2) is 14.7. The predicted octanol–water partition coefficient (Wildman–Crippen LogP) is 2.09. The van der Waals surface area contributed by atoms with E-state index in [1.807, 2.05) is 24.5 Å². The third kappa shape index (κ3) is 12.2. The molecule has 10 nitrogen and oxygen atoms in total. The maximum absolute atomic E-state index is 12.1. The molecule has 2 saturated heterocycles. The van der Waals surface area contributed by atoms with Crippen LogP contribution < -0.4 is 5.32 Å². The number of carboxylic acids is 2. The molecule has 3 heterocycles. The van der Waals surface area contributed by atoms with Gasteiger partial charge in [-0.15, -0.1) is 0 Å². The minimum Gasteiger partial charge on any atom is -0.475 e. The topological polar surface area (TPSA) is 138 Å². The third-order valence-corrected chi connectivity index (χ3v) is 5.17. The van der Waals surface area contributed by atoms with Crippen LogP contribution in [0.1, 0.15) is 18.4 Å². The number of carbonyl (C=O) groups excluding carboxylic acids is 1. The molecular weight excluding hydrogens is 520 g/mol. The van der Waals surface area contributed by atoms with Crippen molar-refractivity contribution in [3.05, 3.63) is 30.1 Å². The predicted molar refractivity (Wildman–Crippen MR) is 113 cm³/mol. The molecule has 1 amide bonds. The van der Waals surface area contributed by atoms with Crippen LogP contribution in [-0.2, 0) is 30.4 Å². The van der Waals surface area contributed by atoms with Crippen LogP contribution in [0.2, 0.25) is 0 Å². The Labute approximate surface area is 207 Å². The van der Waals surface area contributed by atoms with Crippen LogP contribution in [0, 0.1) is 5.92 Å². The van der Waals surface area contributed by atoms with Crippen molar-refractivity contribution in [2.45, 2.75) is 43.9 Å². The Bertz CT molecular complexity index is 846. The van der Waals surface area contributed by atoms with Crippen molar-refractivity contribution in [2.24, 2.45) is 5.92 Å². The molecule has 3 atom stereocenters. The van der Waals surface area contributed by atoms with E-state index >= 15 is 0 Å². The lowest BCUT2D eigenvalue weighted by Gasteiger charge is -2.34. The normalized spacial score (nSPS) is 21.4. The number of amides is 1. The van der Waals surface area contributed by atoms with Crippen LogP contribution in [0.5, 0.6) is 0 Å². The van der Waals surface area contributed by atoms with Crippen LogP contribution in [0.3, 0.4) is 0 Å². The zero-order valence-corrected chi connectivity index (χ0v) is 19.6. The molecule has 16 heteroatoms. The molecule has 0 aromatic carbocycles. The number of nitrogens with zero attached hydrogens (tertiary/aromatic N) is 2. The summed E-state index contributed by atoms with van der Waals surface area (Å²) in [6, 6.07) is 4.10. The number of fused-ring (bicyclic) bond motifs is 1. The van der Waals surface area contributed by atoms with Gasteiger partial charge in [0.25, 0.3) is 0 Å². The first-order valence-corrected chi connectivity index (χ1v) is 10.8. The molecule has 0 bridgehead atoms. The maximum Gasteiger partial charge on any atom is 0.490 e. The summed E-state index contributed by atoms with van der Waals surface area (Å²) in [6.07, 6.45) is -4.71. The van der Waals surface area contributed by atoms with Crippen molar-refractivity contribution in [2.75, 3.05) is 33.4 Å². The maximum atomic E-state index is 12.1. The summed E-state index contributed by atoms with van der Waals surface area (Å²) in [6.45, 7) is 3.95. The Balaban J connectivity index is 0.000000404. The number of carboxylic acid groups (broad SMARTS) is 2. The minimum atomic E-state index is -5.08. The molecule has 0 saturated carbocycles. The van der Waals surface area contributed by atoms with Crippen molar-refractivity contribution in [3.63, 3.8) is 0 Å². The number of piperidine rings is 1. The molecule has 37 heavy (non-hydrogen) atoms. The van der Waals surface area contributed by atoms with Crippen molar-refractivity contribution in [1.82, 2.24) is 15.2 Å². The standard InChI is InChI=1S/C17H25N3O3.2C2HF3O2/c1-22-9-7-19-17(21)15-10-14-4-8-20(12-16(14)23-15)11-13-2-5-18-6-3-13;2*3-2(4,5)1(6)7/h2-3,5-6,14-16H,4,7-12H2,1H3,(H,19,21);2*(H,6,7)/t14-,15+,16-;;/m0../s1. The second-order valence-electron chi connectivity index (χ2n) is 7.93. The highest BCUT2D eigenvalue weighted by atomic mass is 19.4. The fourth-order valence-electron chi connectivity index (χ4n) is 3.44. The van der Waals surface area contributed by atoms with E-state index in [0.29, 0.717) is 19.1 Å². The number of nitrogens with one attached hydrogen (secondary N) is 1. The average molecular weight is 547 g/mol. The first kappa shape index (κ1) is 32.0. The molecule has 1 aromatic heterocycles. The zero-order chi connectivity index (χ0) is 28.2. The molecular formula is C21H27F6N3O7. The lowest BCUT2D eigenvalue weighted by Crippen LogP contribution is -2.42. The number of hydrogen-bond acceptors (Lipinski definition) is 7. The Morgan fingerprint density at radius 3 is 2.14 bits per heavy atom. The summed E-state index contributed by atoms with van der Waals surface area (Å²) in [5.41, 5.74) is 1.27. The van der Waals surface area contributed by atoms with Crippen LogP contribution in [0.25, 0.3) is 0 Å². The van der Waals surface area contributed by atoms with E-state index in [1.54, 1.807) is 7.11 Å². The molecule has 210 valence electrons. The molecule has 0 spiro atoms. The third-order valence-electron chi connectivity index (χ3n) is 5.17. The van der Waals surface area contributed by atoms with Crippen molar-refractivity contribution >= 4 is 17.8 Å². The summed E-state index contributed by atoms with van der Waals surface area (Å²) in [4.78, 5) is 36.4. The van der Waals surface area contributed by atoms with E-state index in [1.165, 1.54) is 5.56 Å². The number of hydrogen-bond donors (Lipinski definition) is 3. The van der Waals surface area contributed by atoms with Crippen LogP contribution in [-0.4, -0.2) is 95.9 Å². The van der Waals surface area contributed by atoms with Gasteiger partial charge >= 0.3 is 24.3 Å². The summed E-state index contributed by atoms with van der Waals surface area (Å²) in [5.74, 6) is -5.01. The molecule has 1 aromatic rings. The number of rotatable bonds is 6. The van der Waals surface area contributed by atoms with Crippen molar-refractivity contribution in [1.29, 1.82) is 0 Å². The number of alkyl halides is 6. The lowest BCUT2D eigenvalue weighted by atomic mass is 9.91. The highest BCUT2D eigenvalue weighted by Crippen LogP contribution is 2.33. The molecule has 2 aliphatic heterocycles. The number of aromatic nitrogens is 1. The Morgan fingerprint density at radius 1 is 1.11 bits per heavy atom. The van der Waals surface area contributed by atoms with Gasteiger partial charge in [-0.2, -0.15) is 26.3 Å². The van der Waals surface area contributed by atoms with Crippen molar-refractivity contribution < 1.29 is 60.4 Å². The van der Waals surface area contributed by atoms with E-state index in [9.17, 15) is 31.1 Å². The zero-order valence-electron chi connectivity index (χ0n) is 19.6. The largest absolute Gasteiger partial charge is 0.490 e. The highest BCUT2D eigenvalue weighted by Gasteiger charge is 2.42. The van der Waals surface area contributed by atoms with E-state index in [2.05, 4.69) is 15.2 Å². The monoisotopic (exact) mass is 547 g/mol. The Hall–Kier alpha value is -2.98. The summed E-state index contributed by atoms with van der Waals surface area (Å²) in [7, 11) is 1.63. The molecule has 0 aliphatic carbocycles. The van der Waals surface area contributed by atoms with E-state index in [0.717, 1.165) is 32.5 Å². The van der Waals surface area contributed by atoms with Gasteiger partial charge in [-0.05, 0) is 43.0 Å². The van der Waals surface area contributed by atoms with Crippen LogP contribution >= 0.6 is 0 Å². The van der Waals surface area contributed by atoms with Gasteiger partial charge in [0.1, 0.15) is 6.10 Å². The number of pyridine rings is 1. The first-order valence-electron chi connectivity index (χ1n) is 10.8. The van der Waals surface area contributed by atoms with Gasteiger partial charge in [0.15, 0.2) is 0 Å². The fourth-order valence-corrected chi connectivity index (χ4v) is 3.44. The summed E-state index contributed by atoms with van der Waals surface area (Å²) < 4.78 is 74.4. The van der Waals surface area contributed by atoms with Crippen LogP contribution in [0.15, 0.2) is 24.5 Å². The number of methoxy groups -OCH3 is 1. The summed E-state index contributed by atoms with van der Waals surface area (Å²) in [5, 5.41) is 17.1. The Kier molecular flexibility index (Phi) is 12.7. The van der Waals surface area contributed by atoms with E-state index in [-0.39, 0.29) is 18.1 Å². The smallest absolute Gasteiger partial charge is 0.475 e. The average Bonchev–Trinajstić information content (AvgIpc) is 3.23. The van der Waals surface area contributed by atoms with Gasteiger partial charge in [0.05, 0.1) is 12.7 Å². The van der Waals surface area contributed by atoms with E-state index < -0.39 is 24.3 Å². The number of ether oxygens (including phenoxy) is 2. The van der Waals surface area contributed by atoms with Gasteiger partial charge < -0.3 is 25.0 Å². The minimum absolute atomic E-state index is 0.00265. The van der Waals surface area contributed by atoms with Gasteiger partial charge in [-0.1, -0.05) is 0 Å². The summed E-state index contributed by atoms with van der Waals surface area (Å²) >= 11 is 0. The SMILES string of the molecule is COCCNC(=O)[C@H]1C[C@@H]2CCN(Cc3ccncc3)C[C@@H]2O1.O=C(O)C(F)(F)F.O=C(O)C(F)(F)F. The van der Waals surface area contributed by atoms with Gasteiger partial charge in [-0.3, -0.25) is 14.7 Å². The highest BCUT2D eigenvalue weighted by molar-refractivity contribution is 5.81. The fraction of sp³-hybridized carbons (Fsp3) is 0.619. The second-order valence-corrected chi connectivity index (χ2v) is 7.93. The van der Waals surface area contributed by atoms with E-state index in [4.69, 9.17) is 29.3 Å². The lowest BCUT2D eigenvalue weighted by molar-refractivity contribution is -0.193. The first-order chi connectivity index (χ1) is 17.1. The number of halogens is 6. The molecule has 2 aliphatic rings. The molecule has 3 rings (SSSR count). The molecule has 3 N–H and O–H groups in total. The molecule has 0 radical (unpaired) electrons. The number of carbonyl (C=O) groups is 3. The molecule has 2 fully saturated rings.